The predicted octanol–water partition coefficient (Wildman–Crippen LogP) is 4.41. The summed E-state index contributed by atoms with van der Waals surface area (Å²) in [6.07, 6.45) is -4.44. The van der Waals surface area contributed by atoms with Gasteiger partial charge in [0.1, 0.15) is 5.56 Å². The molecule has 0 aromatic heterocycles. The Morgan fingerprint density at radius 3 is 2.28 bits per heavy atom. The molecule has 2 rings (SSSR count). The van der Waals surface area contributed by atoms with Gasteiger partial charge in [-0.15, -0.1) is 0 Å². The Hall–Kier alpha value is -2.90. The second kappa shape index (κ2) is 6.92. The average molecular weight is 352 g/mol. The number of nitro benzene ring substituents is 1. The first-order chi connectivity index (χ1) is 11.6. The van der Waals surface area contributed by atoms with Gasteiger partial charge >= 0.3 is 6.18 Å². The lowest BCUT2D eigenvalue weighted by atomic mass is 10.0. The quantitative estimate of drug-likeness (QED) is 0.654. The molecule has 0 saturated heterocycles. The summed E-state index contributed by atoms with van der Waals surface area (Å²) in [5.41, 5.74) is -0.371. The normalized spacial score (nSPS) is 12.5. The van der Waals surface area contributed by atoms with Crippen molar-refractivity contribution >= 4 is 11.6 Å². The maximum Gasteiger partial charge on any atom is 0.416 e. The van der Waals surface area contributed by atoms with Crippen molar-refractivity contribution in [3.8, 4) is 0 Å². The van der Waals surface area contributed by atoms with Crippen LogP contribution in [0.5, 0.6) is 0 Å². The van der Waals surface area contributed by atoms with Gasteiger partial charge < -0.3 is 5.32 Å². The molecule has 2 aromatic carbocycles. The van der Waals surface area contributed by atoms with Crippen molar-refractivity contribution in [2.45, 2.75) is 26.1 Å². The standard InChI is InChI=1S/C17H15F3N2O3/c1-10-4-3-5-14(15(10)22(24)25)16(23)21-11(2)12-6-8-13(9-7-12)17(18,19)20/h3-9,11H,1-2H3,(H,21,23). The first kappa shape index (κ1) is 18.4. The van der Waals surface area contributed by atoms with Crippen molar-refractivity contribution in [3.05, 3.63) is 74.8 Å². The van der Waals surface area contributed by atoms with Crippen LogP contribution in [0.15, 0.2) is 42.5 Å². The van der Waals surface area contributed by atoms with Gasteiger partial charge in [-0.2, -0.15) is 13.2 Å². The highest BCUT2D eigenvalue weighted by molar-refractivity contribution is 5.98. The van der Waals surface area contributed by atoms with Gasteiger partial charge in [0.25, 0.3) is 11.6 Å². The number of alkyl halides is 3. The summed E-state index contributed by atoms with van der Waals surface area (Å²) in [4.78, 5) is 22.9. The molecule has 2 aromatic rings. The number of halogens is 3. The molecule has 8 heteroatoms. The van der Waals surface area contributed by atoms with Crippen LogP contribution in [0.1, 0.15) is 40.0 Å². The van der Waals surface area contributed by atoms with Gasteiger partial charge in [-0.3, -0.25) is 14.9 Å². The Balaban J connectivity index is 2.21. The largest absolute Gasteiger partial charge is 0.416 e. The maximum atomic E-state index is 12.6. The second-order valence-electron chi connectivity index (χ2n) is 5.54. The third kappa shape index (κ3) is 4.14. The molecule has 0 aliphatic rings. The highest BCUT2D eigenvalue weighted by atomic mass is 19.4. The van der Waals surface area contributed by atoms with Gasteiger partial charge in [0.05, 0.1) is 16.5 Å². The highest BCUT2D eigenvalue weighted by Gasteiger charge is 2.30. The third-order valence-electron chi connectivity index (χ3n) is 3.75. The molecule has 0 spiro atoms. The molecule has 25 heavy (non-hydrogen) atoms. The molecule has 0 bridgehead atoms. The van der Waals surface area contributed by atoms with Crippen LogP contribution in [0, 0.1) is 17.0 Å². The fraction of sp³-hybridized carbons (Fsp3) is 0.235. The fourth-order valence-electron chi connectivity index (χ4n) is 2.40. The van der Waals surface area contributed by atoms with E-state index >= 15 is 0 Å². The molecule has 0 fully saturated rings. The zero-order chi connectivity index (χ0) is 18.8. The molecule has 5 nitrogen and oxygen atoms in total. The molecule has 132 valence electrons. The lowest BCUT2D eigenvalue weighted by Gasteiger charge is -2.16. The number of carbonyl (C=O) groups is 1. The zero-order valence-corrected chi connectivity index (χ0v) is 13.4. The van der Waals surface area contributed by atoms with Gasteiger partial charge in [0.15, 0.2) is 0 Å². The van der Waals surface area contributed by atoms with Crippen LogP contribution in [0.25, 0.3) is 0 Å². The summed E-state index contributed by atoms with van der Waals surface area (Å²) in [5, 5.41) is 13.7. The number of benzene rings is 2. The van der Waals surface area contributed by atoms with Crippen molar-refractivity contribution in [1.29, 1.82) is 0 Å². The molecule has 1 amide bonds. The van der Waals surface area contributed by atoms with Crippen molar-refractivity contribution < 1.29 is 22.9 Å². The summed E-state index contributed by atoms with van der Waals surface area (Å²) in [5.74, 6) is -0.664. The van der Waals surface area contributed by atoms with Crippen LogP contribution in [0.2, 0.25) is 0 Å². The molecule has 0 aliphatic heterocycles. The number of nitro groups is 1. The number of rotatable bonds is 4. The van der Waals surface area contributed by atoms with Gasteiger partial charge in [0, 0.05) is 5.56 Å². The van der Waals surface area contributed by atoms with Crippen molar-refractivity contribution in [3.63, 3.8) is 0 Å². The summed E-state index contributed by atoms with van der Waals surface area (Å²) >= 11 is 0. The first-order valence-corrected chi connectivity index (χ1v) is 7.33. The van der Waals surface area contributed by atoms with Crippen LogP contribution < -0.4 is 5.32 Å². The van der Waals surface area contributed by atoms with E-state index in [-0.39, 0.29) is 11.3 Å². The van der Waals surface area contributed by atoms with Crippen LogP contribution in [-0.2, 0) is 6.18 Å². The Bertz CT molecular complexity index is 802. The third-order valence-corrected chi connectivity index (χ3v) is 3.75. The Morgan fingerprint density at radius 1 is 1.16 bits per heavy atom. The fourth-order valence-corrected chi connectivity index (χ4v) is 2.40. The summed E-state index contributed by atoms with van der Waals surface area (Å²) in [7, 11) is 0. The SMILES string of the molecule is Cc1cccc(C(=O)NC(C)c2ccc(C(F)(F)F)cc2)c1[N+](=O)[O-]. The Labute approximate surface area is 141 Å². The van der Waals surface area contributed by atoms with Crippen LogP contribution in [-0.4, -0.2) is 10.8 Å². The van der Waals surface area contributed by atoms with Crippen molar-refractivity contribution in [1.82, 2.24) is 5.32 Å². The lowest BCUT2D eigenvalue weighted by Crippen LogP contribution is -2.27. The molecule has 0 radical (unpaired) electrons. The van der Waals surface area contributed by atoms with E-state index in [1.165, 1.54) is 37.3 Å². The topological polar surface area (TPSA) is 72.2 Å². The Kier molecular flexibility index (Phi) is 5.10. The van der Waals surface area contributed by atoms with E-state index in [1.54, 1.807) is 6.92 Å². The Morgan fingerprint density at radius 2 is 1.76 bits per heavy atom. The monoisotopic (exact) mass is 352 g/mol. The van der Waals surface area contributed by atoms with Gasteiger partial charge in [-0.25, -0.2) is 0 Å². The van der Waals surface area contributed by atoms with Gasteiger partial charge in [-0.1, -0.05) is 24.3 Å². The predicted molar refractivity (Wildman–Crippen MR) is 85.2 cm³/mol. The average Bonchev–Trinajstić information content (AvgIpc) is 2.53. The van der Waals surface area contributed by atoms with E-state index < -0.39 is 28.6 Å². The summed E-state index contributed by atoms with van der Waals surface area (Å²) in [6.45, 7) is 3.11. The number of hydrogen-bond acceptors (Lipinski definition) is 3. The number of carbonyl (C=O) groups excluding carboxylic acids is 1. The number of nitrogens with one attached hydrogen (secondary N) is 1. The lowest BCUT2D eigenvalue weighted by molar-refractivity contribution is -0.385. The second-order valence-corrected chi connectivity index (χ2v) is 5.54. The van der Waals surface area contributed by atoms with Gasteiger partial charge in [-0.05, 0) is 37.6 Å². The smallest absolute Gasteiger partial charge is 0.345 e. The number of aryl methyl sites for hydroxylation is 1. The number of nitrogens with zero attached hydrogens (tertiary/aromatic N) is 1. The minimum absolute atomic E-state index is 0.0937. The van der Waals surface area contributed by atoms with E-state index in [2.05, 4.69) is 5.32 Å². The van der Waals surface area contributed by atoms with Crippen molar-refractivity contribution in [2.24, 2.45) is 0 Å². The van der Waals surface area contributed by atoms with E-state index in [4.69, 9.17) is 0 Å². The first-order valence-electron chi connectivity index (χ1n) is 7.33. The molecule has 1 unspecified atom stereocenters. The summed E-state index contributed by atoms with van der Waals surface area (Å²) < 4.78 is 37.7. The molecular formula is C17H15F3N2O3. The van der Waals surface area contributed by atoms with Crippen LogP contribution >= 0.6 is 0 Å². The number of amides is 1. The number of para-hydroxylation sites is 1. The van der Waals surface area contributed by atoms with Gasteiger partial charge in [0.2, 0.25) is 0 Å². The molecule has 1 N–H and O–H groups in total. The highest BCUT2D eigenvalue weighted by Crippen LogP contribution is 2.30. The van der Waals surface area contributed by atoms with Crippen molar-refractivity contribution in [2.75, 3.05) is 0 Å². The molecule has 1 atom stereocenters. The van der Waals surface area contributed by atoms with Crippen LogP contribution in [0.3, 0.4) is 0 Å². The van der Waals surface area contributed by atoms with Crippen LogP contribution in [0.4, 0.5) is 18.9 Å². The summed E-state index contributed by atoms with van der Waals surface area (Å²) in [6, 6.07) is 8.14. The molecule has 0 saturated carbocycles. The maximum absolute atomic E-state index is 12.6. The van der Waals surface area contributed by atoms with E-state index in [0.717, 1.165) is 12.1 Å². The minimum atomic E-state index is -4.44. The number of hydrogen-bond donors (Lipinski definition) is 1. The zero-order valence-electron chi connectivity index (χ0n) is 13.4. The van der Waals surface area contributed by atoms with E-state index in [9.17, 15) is 28.1 Å². The van der Waals surface area contributed by atoms with E-state index in [0.29, 0.717) is 11.1 Å². The molecule has 0 aliphatic carbocycles. The molecule has 0 heterocycles. The minimum Gasteiger partial charge on any atom is -0.345 e. The van der Waals surface area contributed by atoms with E-state index in [1.807, 2.05) is 0 Å². The molecular weight excluding hydrogens is 337 g/mol.